The summed E-state index contributed by atoms with van der Waals surface area (Å²) >= 11 is 0. The van der Waals surface area contributed by atoms with Gasteiger partial charge in [0.25, 0.3) is 5.91 Å². The number of carboxylic acids is 1. The zero-order valence-electron chi connectivity index (χ0n) is 10.9. The summed E-state index contributed by atoms with van der Waals surface area (Å²) in [7, 11) is 3.08. The first kappa shape index (κ1) is 14.2. The maximum absolute atomic E-state index is 12.0. The number of aliphatic carboxylic acids is 1. The van der Waals surface area contributed by atoms with E-state index >= 15 is 0 Å². The van der Waals surface area contributed by atoms with Gasteiger partial charge in [0, 0.05) is 19.9 Å². The second kappa shape index (κ2) is 5.18. The molecule has 1 aromatic heterocycles. The molecule has 7 heteroatoms. The number of carbonyl (C=O) groups excluding carboxylic acids is 1. The zero-order chi connectivity index (χ0) is 13.9. The van der Waals surface area contributed by atoms with Gasteiger partial charge in [0.2, 0.25) is 0 Å². The summed E-state index contributed by atoms with van der Waals surface area (Å²) in [6.07, 6.45) is 1.40. The van der Waals surface area contributed by atoms with E-state index in [1.54, 1.807) is 18.7 Å². The minimum absolute atomic E-state index is 0.118. The van der Waals surface area contributed by atoms with Gasteiger partial charge in [-0.3, -0.25) is 9.48 Å². The predicted octanol–water partition coefficient (Wildman–Crippen LogP) is -0.0520. The summed E-state index contributed by atoms with van der Waals surface area (Å²) in [5.74, 6) is -1.64. The van der Waals surface area contributed by atoms with Crippen LogP contribution in [0.4, 0.5) is 0 Å². The molecular weight excluding hydrogens is 238 g/mol. The van der Waals surface area contributed by atoms with Crippen LogP contribution in [0.25, 0.3) is 0 Å². The van der Waals surface area contributed by atoms with Gasteiger partial charge in [-0.2, -0.15) is 5.10 Å². The van der Waals surface area contributed by atoms with Gasteiger partial charge in [-0.1, -0.05) is 0 Å². The number of carboxylic acid groups (broad SMARTS) is 1. The molecule has 1 unspecified atom stereocenters. The molecule has 7 nitrogen and oxygen atoms in total. The maximum Gasteiger partial charge on any atom is 0.331 e. The van der Waals surface area contributed by atoms with E-state index in [2.05, 4.69) is 10.4 Å². The SMILES string of the molecule is COCC(C)(NC(=O)c1cnn(C)c1C)C(=O)O. The minimum atomic E-state index is -1.46. The fraction of sp³-hybridized carbons (Fsp3) is 0.545. The van der Waals surface area contributed by atoms with Crippen molar-refractivity contribution in [1.29, 1.82) is 0 Å². The molecule has 1 amide bonds. The van der Waals surface area contributed by atoms with Crippen LogP contribution in [0.15, 0.2) is 6.20 Å². The highest BCUT2D eigenvalue weighted by Gasteiger charge is 2.35. The average Bonchev–Trinajstić information content (AvgIpc) is 2.59. The molecular formula is C11H17N3O4. The molecule has 0 fully saturated rings. The number of nitrogens with zero attached hydrogens (tertiary/aromatic N) is 2. The van der Waals surface area contributed by atoms with E-state index in [0.29, 0.717) is 11.3 Å². The Kier molecular flexibility index (Phi) is 4.07. The molecule has 0 saturated heterocycles. The van der Waals surface area contributed by atoms with Crippen molar-refractivity contribution in [3.63, 3.8) is 0 Å². The van der Waals surface area contributed by atoms with Gasteiger partial charge >= 0.3 is 5.97 Å². The number of hydrogen-bond donors (Lipinski definition) is 2. The Morgan fingerprint density at radius 2 is 2.22 bits per heavy atom. The van der Waals surface area contributed by atoms with E-state index in [-0.39, 0.29) is 6.61 Å². The van der Waals surface area contributed by atoms with E-state index in [0.717, 1.165) is 0 Å². The van der Waals surface area contributed by atoms with Gasteiger partial charge < -0.3 is 15.2 Å². The molecule has 0 aliphatic rings. The van der Waals surface area contributed by atoms with Gasteiger partial charge in [0.15, 0.2) is 5.54 Å². The molecule has 0 radical (unpaired) electrons. The Hall–Kier alpha value is -1.89. The number of ether oxygens (including phenoxy) is 1. The summed E-state index contributed by atoms with van der Waals surface area (Å²) in [5.41, 5.74) is -0.451. The molecule has 2 N–H and O–H groups in total. The first-order chi connectivity index (χ1) is 8.31. The molecule has 0 bridgehead atoms. The van der Waals surface area contributed by atoms with Crippen LogP contribution in [0.5, 0.6) is 0 Å². The minimum Gasteiger partial charge on any atom is -0.479 e. The van der Waals surface area contributed by atoms with E-state index in [9.17, 15) is 9.59 Å². The molecule has 0 aromatic carbocycles. The molecule has 0 aliphatic carbocycles. The molecule has 0 aliphatic heterocycles. The second-order valence-electron chi connectivity index (χ2n) is 4.29. The number of aryl methyl sites for hydroxylation is 1. The lowest BCUT2D eigenvalue weighted by molar-refractivity contribution is -0.145. The van der Waals surface area contributed by atoms with E-state index < -0.39 is 17.4 Å². The van der Waals surface area contributed by atoms with Crippen molar-refractivity contribution >= 4 is 11.9 Å². The fourth-order valence-electron chi connectivity index (χ4n) is 1.48. The van der Waals surface area contributed by atoms with Gasteiger partial charge in [0.05, 0.1) is 18.4 Å². The maximum atomic E-state index is 12.0. The van der Waals surface area contributed by atoms with Crippen molar-refractivity contribution in [2.45, 2.75) is 19.4 Å². The highest BCUT2D eigenvalue weighted by atomic mass is 16.5. The van der Waals surface area contributed by atoms with Crippen LogP contribution in [0.1, 0.15) is 23.0 Å². The number of aromatic nitrogens is 2. The van der Waals surface area contributed by atoms with Crippen LogP contribution in [-0.4, -0.2) is 46.0 Å². The van der Waals surface area contributed by atoms with Crippen LogP contribution in [-0.2, 0) is 16.6 Å². The molecule has 1 rings (SSSR count). The lowest BCUT2D eigenvalue weighted by atomic mass is 10.0. The van der Waals surface area contributed by atoms with Crippen molar-refractivity contribution in [1.82, 2.24) is 15.1 Å². The summed E-state index contributed by atoms with van der Waals surface area (Å²) in [4.78, 5) is 23.1. The van der Waals surface area contributed by atoms with E-state index in [4.69, 9.17) is 9.84 Å². The van der Waals surface area contributed by atoms with Crippen molar-refractivity contribution < 1.29 is 19.4 Å². The fourth-order valence-corrected chi connectivity index (χ4v) is 1.48. The molecule has 0 spiro atoms. The van der Waals surface area contributed by atoms with Crippen molar-refractivity contribution in [3.8, 4) is 0 Å². The van der Waals surface area contributed by atoms with Gasteiger partial charge in [-0.15, -0.1) is 0 Å². The number of hydrogen-bond acceptors (Lipinski definition) is 4. The Morgan fingerprint density at radius 3 is 2.61 bits per heavy atom. The Bertz CT molecular complexity index is 469. The van der Waals surface area contributed by atoms with Gasteiger partial charge in [-0.05, 0) is 13.8 Å². The zero-order valence-corrected chi connectivity index (χ0v) is 10.9. The lowest BCUT2D eigenvalue weighted by Gasteiger charge is -2.25. The van der Waals surface area contributed by atoms with Crippen LogP contribution in [0, 0.1) is 6.92 Å². The highest BCUT2D eigenvalue weighted by Crippen LogP contribution is 2.10. The Morgan fingerprint density at radius 1 is 1.61 bits per heavy atom. The third kappa shape index (κ3) is 2.67. The average molecular weight is 255 g/mol. The lowest BCUT2D eigenvalue weighted by Crippen LogP contribution is -2.55. The van der Waals surface area contributed by atoms with Crippen molar-refractivity contribution in [2.75, 3.05) is 13.7 Å². The van der Waals surface area contributed by atoms with Crippen LogP contribution in [0.2, 0.25) is 0 Å². The highest BCUT2D eigenvalue weighted by molar-refractivity contribution is 5.98. The Balaban J connectivity index is 2.92. The smallest absolute Gasteiger partial charge is 0.331 e. The number of methoxy groups -OCH3 is 1. The monoisotopic (exact) mass is 255 g/mol. The topological polar surface area (TPSA) is 93.5 Å². The molecule has 18 heavy (non-hydrogen) atoms. The first-order valence-corrected chi connectivity index (χ1v) is 5.35. The molecule has 1 aromatic rings. The van der Waals surface area contributed by atoms with Crippen molar-refractivity contribution in [2.24, 2.45) is 7.05 Å². The number of rotatable bonds is 5. The van der Waals surface area contributed by atoms with Crippen LogP contribution >= 0.6 is 0 Å². The largest absolute Gasteiger partial charge is 0.479 e. The summed E-state index contributed by atoms with van der Waals surface area (Å²) in [6.45, 7) is 3.01. The third-order valence-electron chi connectivity index (χ3n) is 2.77. The molecule has 100 valence electrons. The van der Waals surface area contributed by atoms with Gasteiger partial charge in [0.1, 0.15) is 0 Å². The summed E-state index contributed by atoms with van der Waals surface area (Å²) in [6, 6.07) is 0. The Labute approximate surface area is 105 Å². The van der Waals surface area contributed by atoms with E-state index in [1.807, 2.05) is 0 Å². The quantitative estimate of drug-likeness (QED) is 0.769. The standard InChI is InChI=1S/C11H17N3O4/c1-7-8(5-12-14(7)3)9(15)13-11(2,6-18-4)10(16)17/h5H,6H2,1-4H3,(H,13,15)(H,16,17). The first-order valence-electron chi connectivity index (χ1n) is 5.35. The summed E-state index contributed by atoms with van der Waals surface area (Å²) < 4.78 is 6.37. The van der Waals surface area contributed by atoms with Crippen LogP contribution in [0.3, 0.4) is 0 Å². The number of carbonyl (C=O) groups is 2. The predicted molar refractivity (Wildman–Crippen MR) is 63.3 cm³/mol. The third-order valence-corrected chi connectivity index (χ3v) is 2.77. The number of nitrogens with one attached hydrogen (secondary N) is 1. The summed E-state index contributed by atoms with van der Waals surface area (Å²) in [5, 5.41) is 15.5. The number of amides is 1. The second-order valence-corrected chi connectivity index (χ2v) is 4.29. The van der Waals surface area contributed by atoms with Crippen LogP contribution < -0.4 is 5.32 Å². The van der Waals surface area contributed by atoms with Gasteiger partial charge in [-0.25, -0.2) is 4.79 Å². The van der Waals surface area contributed by atoms with E-state index in [1.165, 1.54) is 20.2 Å². The molecule has 1 heterocycles. The molecule has 1 atom stereocenters. The molecule has 0 saturated carbocycles. The van der Waals surface area contributed by atoms with Crippen molar-refractivity contribution in [3.05, 3.63) is 17.5 Å². The normalized spacial score (nSPS) is 14.0.